The maximum atomic E-state index is 12.0. The zero-order valence-corrected chi connectivity index (χ0v) is 12.6. The molecule has 0 aliphatic heterocycles. The van der Waals surface area contributed by atoms with E-state index < -0.39 is 29.1 Å². The van der Waals surface area contributed by atoms with Crippen molar-refractivity contribution in [2.24, 2.45) is 11.7 Å². The predicted octanol–water partition coefficient (Wildman–Crippen LogP) is 1.87. The average Bonchev–Trinajstić information content (AvgIpc) is 2.27. The lowest BCUT2D eigenvalue weighted by molar-refractivity contribution is -0.145. The third-order valence-electron chi connectivity index (χ3n) is 3.70. The summed E-state index contributed by atoms with van der Waals surface area (Å²) < 4.78 is 5.26. The molecule has 1 amide bonds. The second kappa shape index (κ2) is 6.43. The number of nitrogens with one attached hydrogen (secondary N) is 1. The lowest BCUT2D eigenvalue weighted by atomic mass is 9.72. The van der Waals surface area contributed by atoms with Crippen LogP contribution in [-0.2, 0) is 9.53 Å². The quantitative estimate of drug-likeness (QED) is 0.732. The Morgan fingerprint density at radius 1 is 1.30 bits per heavy atom. The minimum absolute atomic E-state index is 0.00509. The van der Waals surface area contributed by atoms with Crippen LogP contribution in [0.5, 0.6) is 0 Å². The van der Waals surface area contributed by atoms with Crippen molar-refractivity contribution in [3.8, 4) is 0 Å². The van der Waals surface area contributed by atoms with Crippen LogP contribution < -0.4 is 11.1 Å². The maximum absolute atomic E-state index is 12.0. The van der Waals surface area contributed by atoms with Gasteiger partial charge in [-0.1, -0.05) is 19.3 Å². The Morgan fingerprint density at radius 3 is 2.25 bits per heavy atom. The molecular weight excluding hydrogens is 260 g/mol. The zero-order valence-electron chi connectivity index (χ0n) is 12.6. The Kier molecular flexibility index (Phi) is 5.39. The molecule has 0 aromatic rings. The Hall–Kier alpha value is -1.30. The molecule has 1 saturated carbocycles. The van der Waals surface area contributed by atoms with Gasteiger partial charge in [0.1, 0.15) is 5.60 Å². The second-order valence-corrected chi connectivity index (χ2v) is 6.47. The summed E-state index contributed by atoms with van der Waals surface area (Å²) in [6.07, 6.45) is 3.51. The summed E-state index contributed by atoms with van der Waals surface area (Å²) in [5.41, 5.74) is 4.22. The summed E-state index contributed by atoms with van der Waals surface area (Å²) >= 11 is 0. The van der Waals surface area contributed by atoms with Crippen LogP contribution in [0.2, 0.25) is 0 Å². The first-order chi connectivity index (χ1) is 9.20. The normalized spacial score (nSPS) is 20.0. The van der Waals surface area contributed by atoms with Crippen LogP contribution >= 0.6 is 0 Å². The number of hydrogen-bond donors (Lipinski definition) is 3. The van der Waals surface area contributed by atoms with E-state index in [9.17, 15) is 14.7 Å². The van der Waals surface area contributed by atoms with Gasteiger partial charge >= 0.3 is 12.1 Å². The van der Waals surface area contributed by atoms with E-state index in [4.69, 9.17) is 10.5 Å². The monoisotopic (exact) mass is 286 g/mol. The van der Waals surface area contributed by atoms with Gasteiger partial charge in [-0.3, -0.25) is 4.79 Å². The van der Waals surface area contributed by atoms with Crippen LogP contribution in [0.1, 0.15) is 52.9 Å². The molecule has 20 heavy (non-hydrogen) atoms. The summed E-state index contributed by atoms with van der Waals surface area (Å²) in [4.78, 5) is 23.4. The van der Waals surface area contributed by atoms with Crippen LogP contribution in [0, 0.1) is 5.92 Å². The lowest BCUT2D eigenvalue weighted by Crippen LogP contribution is -2.59. The van der Waals surface area contributed by atoms with Gasteiger partial charge in [0.25, 0.3) is 0 Å². The Balaban J connectivity index is 2.88. The number of hydrogen-bond acceptors (Lipinski definition) is 4. The van der Waals surface area contributed by atoms with Gasteiger partial charge in [-0.05, 0) is 33.6 Å². The molecule has 0 bridgehead atoms. The van der Waals surface area contributed by atoms with E-state index in [-0.39, 0.29) is 6.54 Å². The van der Waals surface area contributed by atoms with Crippen molar-refractivity contribution in [1.29, 1.82) is 0 Å². The molecule has 116 valence electrons. The molecule has 1 fully saturated rings. The topological polar surface area (TPSA) is 102 Å². The molecule has 0 spiro atoms. The van der Waals surface area contributed by atoms with Crippen LogP contribution in [0.15, 0.2) is 0 Å². The molecule has 1 unspecified atom stereocenters. The third-order valence-corrected chi connectivity index (χ3v) is 3.70. The van der Waals surface area contributed by atoms with E-state index >= 15 is 0 Å². The van der Waals surface area contributed by atoms with Crippen molar-refractivity contribution in [3.05, 3.63) is 0 Å². The van der Waals surface area contributed by atoms with E-state index in [2.05, 4.69) is 5.32 Å². The molecule has 0 radical (unpaired) electrons. The van der Waals surface area contributed by atoms with Crippen LogP contribution in [0.3, 0.4) is 0 Å². The first-order valence-electron chi connectivity index (χ1n) is 7.14. The number of carbonyl (C=O) groups excluding carboxylic acids is 1. The molecule has 6 heteroatoms. The molecular formula is C14H26N2O4. The van der Waals surface area contributed by atoms with Crippen LogP contribution in [0.25, 0.3) is 0 Å². The highest BCUT2D eigenvalue weighted by atomic mass is 16.6. The van der Waals surface area contributed by atoms with Crippen molar-refractivity contribution in [3.63, 3.8) is 0 Å². The summed E-state index contributed by atoms with van der Waals surface area (Å²) in [7, 11) is 0. The third kappa shape index (κ3) is 4.37. The number of amides is 1. The summed E-state index contributed by atoms with van der Waals surface area (Å²) in [6.45, 7) is 5.33. The predicted molar refractivity (Wildman–Crippen MR) is 75.4 cm³/mol. The van der Waals surface area contributed by atoms with Crippen molar-refractivity contribution in [2.75, 3.05) is 6.54 Å². The van der Waals surface area contributed by atoms with Gasteiger partial charge in [-0.15, -0.1) is 0 Å². The van der Waals surface area contributed by atoms with Gasteiger partial charge in [0.05, 0.1) is 11.5 Å². The fourth-order valence-corrected chi connectivity index (χ4v) is 2.81. The van der Waals surface area contributed by atoms with Gasteiger partial charge in [-0.2, -0.15) is 0 Å². The first kappa shape index (κ1) is 16.8. The van der Waals surface area contributed by atoms with E-state index in [1.54, 1.807) is 20.8 Å². The number of ether oxygens (including phenoxy) is 1. The van der Waals surface area contributed by atoms with Gasteiger partial charge in [0.15, 0.2) is 0 Å². The van der Waals surface area contributed by atoms with E-state index in [0.29, 0.717) is 12.8 Å². The van der Waals surface area contributed by atoms with Crippen molar-refractivity contribution in [1.82, 2.24) is 5.32 Å². The zero-order chi connectivity index (χ0) is 15.4. The van der Waals surface area contributed by atoms with E-state index in [0.717, 1.165) is 19.3 Å². The molecule has 0 saturated heterocycles. The molecule has 1 aliphatic rings. The minimum Gasteiger partial charge on any atom is -0.481 e. The number of carboxylic acids is 1. The summed E-state index contributed by atoms with van der Waals surface area (Å²) in [6, 6.07) is 0. The smallest absolute Gasteiger partial charge is 0.408 e. The van der Waals surface area contributed by atoms with Gasteiger partial charge in [-0.25, -0.2) is 4.79 Å². The van der Waals surface area contributed by atoms with E-state index in [1.807, 2.05) is 0 Å². The SMILES string of the molecule is CC(C)(C)OC(=O)NC1(C(CN)C(=O)O)CCCCC1. The molecule has 1 rings (SSSR count). The average molecular weight is 286 g/mol. The van der Waals surface area contributed by atoms with E-state index in [1.165, 1.54) is 0 Å². The highest BCUT2D eigenvalue weighted by Crippen LogP contribution is 2.34. The molecule has 0 aromatic carbocycles. The Labute approximate surface area is 120 Å². The van der Waals surface area contributed by atoms with Crippen LogP contribution in [0.4, 0.5) is 4.79 Å². The largest absolute Gasteiger partial charge is 0.481 e. The van der Waals surface area contributed by atoms with Gasteiger partial charge < -0.3 is 20.9 Å². The Morgan fingerprint density at radius 2 is 1.85 bits per heavy atom. The highest BCUT2D eigenvalue weighted by molar-refractivity contribution is 5.75. The number of carbonyl (C=O) groups is 2. The van der Waals surface area contributed by atoms with Crippen molar-refractivity contribution in [2.45, 2.75) is 64.0 Å². The Bertz CT molecular complexity index is 357. The summed E-state index contributed by atoms with van der Waals surface area (Å²) in [5.74, 6) is -1.75. The molecule has 1 aliphatic carbocycles. The number of nitrogens with two attached hydrogens (primary N) is 1. The number of alkyl carbamates (subject to hydrolysis) is 1. The second-order valence-electron chi connectivity index (χ2n) is 6.47. The fraction of sp³-hybridized carbons (Fsp3) is 0.857. The minimum atomic E-state index is -0.967. The van der Waals surface area contributed by atoms with Crippen molar-refractivity contribution < 1.29 is 19.4 Å². The molecule has 0 aromatic heterocycles. The number of aliphatic carboxylic acids is 1. The summed E-state index contributed by atoms with van der Waals surface area (Å²) in [5, 5.41) is 12.2. The maximum Gasteiger partial charge on any atom is 0.408 e. The fourth-order valence-electron chi connectivity index (χ4n) is 2.81. The van der Waals surface area contributed by atoms with Crippen LogP contribution in [-0.4, -0.2) is 34.9 Å². The first-order valence-corrected chi connectivity index (χ1v) is 7.14. The number of rotatable bonds is 4. The standard InChI is InChI=1S/C14H26N2O4/c1-13(2,3)20-12(19)16-14(7-5-4-6-8-14)10(9-15)11(17)18/h10H,4-9,15H2,1-3H3,(H,16,19)(H,17,18). The molecule has 4 N–H and O–H groups in total. The van der Waals surface area contributed by atoms with Gasteiger partial charge in [0.2, 0.25) is 0 Å². The molecule has 1 atom stereocenters. The molecule has 6 nitrogen and oxygen atoms in total. The number of carboxylic acid groups (broad SMARTS) is 1. The lowest BCUT2D eigenvalue weighted by Gasteiger charge is -2.42. The molecule has 0 heterocycles. The highest BCUT2D eigenvalue weighted by Gasteiger charge is 2.45. The van der Waals surface area contributed by atoms with Crippen molar-refractivity contribution >= 4 is 12.1 Å². The van der Waals surface area contributed by atoms with Gasteiger partial charge in [0, 0.05) is 6.54 Å².